The number of carboxylic acid groups (broad SMARTS) is 2. The number of carbonyl (C=O) groups excluding carboxylic acids is 3. The van der Waals surface area contributed by atoms with Gasteiger partial charge in [0.15, 0.2) is 5.69 Å². The Hall–Kier alpha value is -4.59. The topological polar surface area (TPSA) is 148 Å². The van der Waals surface area contributed by atoms with Gasteiger partial charge < -0.3 is 10.2 Å². The highest BCUT2D eigenvalue weighted by Crippen LogP contribution is 2.37. The summed E-state index contributed by atoms with van der Waals surface area (Å²) in [5.41, 5.74) is 2.26. The molecule has 1 atom stereocenters. The molecule has 5 rings (SSSR count). The van der Waals surface area contributed by atoms with Gasteiger partial charge in [0.25, 0.3) is 11.8 Å². The summed E-state index contributed by atoms with van der Waals surface area (Å²) in [6.45, 7) is 5.47. The Labute approximate surface area is 279 Å². The largest absolute Gasteiger partial charge is 0.478 e. The number of carboxylic acids is 2. The van der Waals surface area contributed by atoms with Crippen molar-refractivity contribution in [1.82, 2.24) is 19.5 Å². The van der Waals surface area contributed by atoms with E-state index < -0.39 is 11.9 Å². The third-order valence-electron chi connectivity index (χ3n) is 8.68. The van der Waals surface area contributed by atoms with Crippen LogP contribution in [0.2, 0.25) is 0 Å². The average Bonchev–Trinajstić information content (AvgIpc) is 3.57. The van der Waals surface area contributed by atoms with E-state index in [0.29, 0.717) is 74.7 Å². The number of imide groups is 1. The summed E-state index contributed by atoms with van der Waals surface area (Å²) < 4.78 is 14.1. The Morgan fingerprint density at radius 2 is 1.42 bits per heavy atom. The fourth-order valence-electron chi connectivity index (χ4n) is 6.15. The number of nitrogens with zero attached hydrogens (tertiary/aromatic N) is 5. The first-order valence-corrected chi connectivity index (χ1v) is 16.4. The van der Waals surface area contributed by atoms with E-state index in [1.165, 1.54) is 42.7 Å². The van der Waals surface area contributed by atoms with Crippen molar-refractivity contribution in [2.75, 3.05) is 39.3 Å². The van der Waals surface area contributed by atoms with E-state index in [4.69, 9.17) is 15.3 Å². The van der Waals surface area contributed by atoms with Gasteiger partial charge in [-0.05, 0) is 35.4 Å². The molecule has 0 aliphatic carbocycles. The van der Waals surface area contributed by atoms with E-state index in [1.54, 1.807) is 36.5 Å². The molecule has 1 unspecified atom stereocenters. The van der Waals surface area contributed by atoms with Gasteiger partial charge in [-0.1, -0.05) is 62.7 Å². The first-order valence-electron chi connectivity index (χ1n) is 16.4. The van der Waals surface area contributed by atoms with Crippen molar-refractivity contribution in [2.45, 2.75) is 58.3 Å². The molecule has 2 N–H and O–H groups in total. The van der Waals surface area contributed by atoms with Gasteiger partial charge in [-0.25, -0.2) is 18.8 Å². The lowest BCUT2D eigenvalue weighted by atomic mass is 10.1. The van der Waals surface area contributed by atoms with Crippen molar-refractivity contribution < 1.29 is 38.6 Å². The Bertz CT molecular complexity index is 1520. The number of hydrogen-bond donors (Lipinski definition) is 2. The van der Waals surface area contributed by atoms with Crippen molar-refractivity contribution >= 4 is 41.6 Å². The molecule has 48 heavy (non-hydrogen) atoms. The monoisotopic (exact) mass is 664 g/mol. The van der Waals surface area contributed by atoms with Gasteiger partial charge in [-0.3, -0.25) is 19.4 Å². The number of halogens is 1. The molecule has 3 aliphatic heterocycles. The van der Waals surface area contributed by atoms with Crippen LogP contribution in [-0.2, 0) is 14.4 Å². The lowest BCUT2D eigenvalue weighted by Gasteiger charge is -2.41. The first-order chi connectivity index (χ1) is 23.1. The van der Waals surface area contributed by atoms with Crippen LogP contribution in [0.5, 0.6) is 0 Å². The molecule has 0 bridgehead atoms. The molecule has 3 aliphatic rings. The van der Waals surface area contributed by atoms with Crippen LogP contribution in [0.1, 0.15) is 84.6 Å². The lowest BCUT2D eigenvalue weighted by Crippen LogP contribution is -2.65. The second-order valence-electron chi connectivity index (χ2n) is 11.9. The SMILES string of the molecule is CCCCCCCCCC(=O)[N+]1(N2CCN(CCN3C(=O)c4ccccc4C3=O)CC2)N=Cc2ccc(F)cc21.O=C(O)/C=C\C(=O)O. The molecule has 3 amide bonds. The molecule has 256 valence electrons. The number of carbonyl (C=O) groups is 5. The van der Waals surface area contributed by atoms with Gasteiger partial charge in [-0.15, -0.1) is 5.01 Å². The molecule has 2 aromatic rings. The van der Waals surface area contributed by atoms with Gasteiger partial charge in [-0.2, -0.15) is 0 Å². The van der Waals surface area contributed by atoms with Crippen LogP contribution in [0.15, 0.2) is 59.7 Å². The molecular formula is C35H43FN5O7+. The summed E-state index contributed by atoms with van der Waals surface area (Å²) in [5, 5.41) is 22.4. The minimum absolute atomic E-state index is 0.0337. The summed E-state index contributed by atoms with van der Waals surface area (Å²) >= 11 is 0. The summed E-state index contributed by atoms with van der Waals surface area (Å²) in [5.74, 6) is -3.42. The Kier molecular flexibility index (Phi) is 12.8. The highest BCUT2D eigenvalue weighted by molar-refractivity contribution is 6.21. The lowest BCUT2D eigenvalue weighted by molar-refractivity contribution is -0.150. The van der Waals surface area contributed by atoms with Crippen LogP contribution in [-0.4, -0.2) is 100 Å². The van der Waals surface area contributed by atoms with Gasteiger partial charge in [0, 0.05) is 44.4 Å². The van der Waals surface area contributed by atoms with Crippen LogP contribution in [0.3, 0.4) is 0 Å². The number of hydrogen-bond acceptors (Lipinski definition) is 8. The zero-order valence-corrected chi connectivity index (χ0v) is 27.2. The highest BCUT2D eigenvalue weighted by atomic mass is 19.1. The van der Waals surface area contributed by atoms with E-state index >= 15 is 0 Å². The number of quaternary nitrogens is 1. The minimum Gasteiger partial charge on any atom is -0.478 e. The highest BCUT2D eigenvalue weighted by Gasteiger charge is 2.51. The number of amides is 3. The zero-order chi connectivity index (χ0) is 34.7. The summed E-state index contributed by atoms with van der Waals surface area (Å²) in [6, 6.07) is 11.5. The molecule has 12 nitrogen and oxygen atoms in total. The van der Waals surface area contributed by atoms with E-state index in [-0.39, 0.29) is 28.2 Å². The number of rotatable bonds is 14. The number of aliphatic carboxylic acids is 2. The van der Waals surface area contributed by atoms with E-state index in [1.807, 2.05) is 5.01 Å². The Morgan fingerprint density at radius 3 is 2.00 bits per heavy atom. The molecule has 0 spiro atoms. The minimum atomic E-state index is -1.26. The van der Waals surface area contributed by atoms with E-state index in [9.17, 15) is 28.4 Å². The van der Waals surface area contributed by atoms with Crippen molar-refractivity contribution in [1.29, 1.82) is 0 Å². The van der Waals surface area contributed by atoms with Crippen LogP contribution < -0.4 is 4.70 Å². The third-order valence-corrected chi connectivity index (χ3v) is 8.68. The Balaban J connectivity index is 0.000000579. The van der Waals surface area contributed by atoms with Crippen molar-refractivity contribution in [2.24, 2.45) is 5.10 Å². The second kappa shape index (κ2) is 17.0. The summed E-state index contributed by atoms with van der Waals surface area (Å²) in [4.78, 5) is 61.9. The van der Waals surface area contributed by atoms with Crippen LogP contribution in [0.25, 0.3) is 0 Å². The quantitative estimate of drug-likeness (QED) is 0.127. The molecule has 0 saturated carbocycles. The zero-order valence-electron chi connectivity index (χ0n) is 27.2. The number of benzene rings is 2. The van der Waals surface area contributed by atoms with Gasteiger partial charge in [0.2, 0.25) is 0 Å². The predicted molar refractivity (Wildman–Crippen MR) is 178 cm³/mol. The van der Waals surface area contributed by atoms with Gasteiger partial charge in [0.1, 0.15) is 5.82 Å². The summed E-state index contributed by atoms with van der Waals surface area (Å²) in [7, 11) is 0. The molecule has 0 aromatic heterocycles. The molecule has 0 radical (unpaired) electrons. The van der Waals surface area contributed by atoms with Crippen LogP contribution in [0, 0.1) is 5.82 Å². The maximum absolute atomic E-state index is 14.4. The fraction of sp³-hybridized carbons (Fsp3) is 0.429. The molecule has 2 aromatic carbocycles. The Morgan fingerprint density at radius 1 is 0.833 bits per heavy atom. The number of unbranched alkanes of at least 4 members (excludes halogenated alkanes) is 6. The molecular weight excluding hydrogens is 621 g/mol. The van der Waals surface area contributed by atoms with Crippen molar-refractivity contribution in [3.63, 3.8) is 0 Å². The maximum Gasteiger partial charge on any atom is 0.364 e. The van der Waals surface area contributed by atoms with Crippen LogP contribution in [0.4, 0.5) is 10.1 Å². The van der Waals surface area contributed by atoms with Crippen molar-refractivity contribution in [3.05, 3.63) is 77.1 Å². The molecule has 3 heterocycles. The van der Waals surface area contributed by atoms with Gasteiger partial charge >= 0.3 is 17.8 Å². The smallest absolute Gasteiger partial charge is 0.364 e. The van der Waals surface area contributed by atoms with E-state index in [0.717, 1.165) is 24.8 Å². The fourth-order valence-corrected chi connectivity index (χ4v) is 6.15. The number of piperazine rings is 1. The predicted octanol–water partition coefficient (Wildman–Crippen LogP) is 4.69. The first kappa shape index (κ1) is 36.2. The second-order valence-corrected chi connectivity index (χ2v) is 11.9. The average molecular weight is 665 g/mol. The van der Waals surface area contributed by atoms with Gasteiger partial charge in [0.05, 0.1) is 42.4 Å². The molecule has 13 heteroatoms. The number of fused-ring (bicyclic) bond motifs is 2. The summed E-state index contributed by atoms with van der Waals surface area (Å²) in [6.07, 6.45) is 11.0. The molecule has 1 fully saturated rings. The van der Waals surface area contributed by atoms with Crippen LogP contribution >= 0.6 is 0 Å². The third kappa shape index (κ3) is 8.65. The van der Waals surface area contributed by atoms with Crippen molar-refractivity contribution in [3.8, 4) is 0 Å². The van der Waals surface area contributed by atoms with E-state index in [2.05, 4.69) is 11.8 Å². The maximum atomic E-state index is 14.4. The standard InChI is InChI=1S/C31H39FN5O3.C4H4O4/c1-2-3-4-5-6-7-8-13-29(38)37(28-22-25(32)15-14-24(28)23-33-37)35-19-16-34(17-20-35)18-21-36-30(39)26-11-9-10-12-27(26)31(36)40;5-3(6)1-2-4(7)8/h9-12,14-15,22-23H,2-8,13,16-21H2,1H3;1-2H,(H,5,6)(H,7,8)/q+1;/b;2-1-. The molecule has 1 saturated heterocycles. The normalized spacial score (nSPS) is 18.9.